The fourth-order valence-corrected chi connectivity index (χ4v) is 2.74. The van der Waals surface area contributed by atoms with Crippen LogP contribution in [0.5, 0.6) is 5.75 Å². The number of hydrogen-bond donors (Lipinski definition) is 2. The minimum Gasteiger partial charge on any atom is -0.481 e. The normalized spacial score (nSPS) is 11.7. The molecule has 2 aromatic carbocycles. The maximum atomic E-state index is 12.4. The van der Waals surface area contributed by atoms with Gasteiger partial charge in [0.2, 0.25) is 0 Å². The van der Waals surface area contributed by atoms with Gasteiger partial charge in [0.1, 0.15) is 12.3 Å². The summed E-state index contributed by atoms with van der Waals surface area (Å²) < 4.78 is 6.72. The van der Waals surface area contributed by atoms with Crippen LogP contribution in [0.1, 0.15) is 18.1 Å². The fraction of sp³-hybridized carbons (Fsp3) is 0.238. The molecule has 1 unspecified atom stereocenters. The predicted molar refractivity (Wildman–Crippen MR) is 108 cm³/mol. The maximum Gasteiger partial charge on any atom is 0.279 e. The van der Waals surface area contributed by atoms with E-state index in [0.717, 1.165) is 15.8 Å². The summed E-state index contributed by atoms with van der Waals surface area (Å²) in [4.78, 5) is 36.7. The molecule has 0 aliphatic carbocycles. The lowest BCUT2D eigenvalue weighted by molar-refractivity contribution is -0.133. The number of nitrogens with zero attached hydrogens (tertiary/aromatic N) is 2. The van der Waals surface area contributed by atoms with Crippen molar-refractivity contribution in [2.45, 2.75) is 33.4 Å². The van der Waals surface area contributed by atoms with E-state index in [-0.39, 0.29) is 12.1 Å². The van der Waals surface area contributed by atoms with Crippen molar-refractivity contribution in [3.63, 3.8) is 0 Å². The SMILES string of the molecule is Cc1cccc(OC(C)C(=O)NNC(=O)Cn2ncc3ccccc3c2=O)c1C. The van der Waals surface area contributed by atoms with E-state index in [1.54, 1.807) is 37.3 Å². The summed E-state index contributed by atoms with van der Waals surface area (Å²) in [6.45, 7) is 5.12. The maximum absolute atomic E-state index is 12.4. The average Bonchev–Trinajstić information content (AvgIpc) is 2.72. The second kappa shape index (κ2) is 8.55. The summed E-state index contributed by atoms with van der Waals surface area (Å²) in [7, 11) is 0. The first kappa shape index (κ1) is 20.1. The van der Waals surface area contributed by atoms with E-state index in [1.807, 2.05) is 26.0 Å². The average molecular weight is 394 g/mol. The van der Waals surface area contributed by atoms with Gasteiger partial charge in [-0.15, -0.1) is 0 Å². The molecule has 0 saturated carbocycles. The molecule has 3 rings (SSSR count). The Morgan fingerprint density at radius 2 is 1.86 bits per heavy atom. The number of benzene rings is 2. The number of carbonyl (C=O) groups is 2. The summed E-state index contributed by atoms with van der Waals surface area (Å²) in [5, 5.41) is 5.15. The Kier molecular flexibility index (Phi) is 5.92. The second-order valence-electron chi connectivity index (χ2n) is 6.69. The number of hydrogen-bond acceptors (Lipinski definition) is 5. The van der Waals surface area contributed by atoms with Gasteiger partial charge >= 0.3 is 0 Å². The van der Waals surface area contributed by atoms with E-state index in [0.29, 0.717) is 16.5 Å². The highest BCUT2D eigenvalue weighted by Crippen LogP contribution is 2.21. The first-order valence-corrected chi connectivity index (χ1v) is 9.13. The molecule has 1 aromatic heterocycles. The lowest BCUT2D eigenvalue weighted by Gasteiger charge is -2.17. The van der Waals surface area contributed by atoms with Crippen molar-refractivity contribution in [3.8, 4) is 5.75 Å². The van der Waals surface area contributed by atoms with E-state index < -0.39 is 17.9 Å². The fourth-order valence-electron chi connectivity index (χ4n) is 2.74. The van der Waals surface area contributed by atoms with Gasteiger partial charge in [-0.05, 0) is 44.0 Å². The minimum atomic E-state index is -0.822. The topological polar surface area (TPSA) is 102 Å². The third-order valence-corrected chi connectivity index (χ3v) is 4.61. The van der Waals surface area contributed by atoms with Gasteiger partial charge in [0, 0.05) is 5.39 Å². The van der Waals surface area contributed by atoms with Crippen LogP contribution in [0.3, 0.4) is 0 Å². The second-order valence-corrected chi connectivity index (χ2v) is 6.69. The smallest absolute Gasteiger partial charge is 0.279 e. The Labute approximate surface area is 167 Å². The molecule has 0 saturated heterocycles. The molecule has 150 valence electrons. The zero-order valence-corrected chi connectivity index (χ0v) is 16.4. The van der Waals surface area contributed by atoms with Crippen LogP contribution >= 0.6 is 0 Å². The van der Waals surface area contributed by atoms with Gasteiger partial charge in [-0.2, -0.15) is 5.10 Å². The zero-order chi connectivity index (χ0) is 21.0. The van der Waals surface area contributed by atoms with Crippen LogP contribution < -0.4 is 21.1 Å². The largest absolute Gasteiger partial charge is 0.481 e. The molecular formula is C21H22N4O4. The molecule has 1 atom stereocenters. The van der Waals surface area contributed by atoms with Crippen LogP contribution in [0.25, 0.3) is 10.8 Å². The van der Waals surface area contributed by atoms with Crippen molar-refractivity contribution in [3.05, 3.63) is 70.1 Å². The predicted octanol–water partition coefficient (Wildman–Crippen LogP) is 1.63. The van der Waals surface area contributed by atoms with E-state index in [9.17, 15) is 14.4 Å². The number of amides is 2. The van der Waals surface area contributed by atoms with Gasteiger partial charge in [-0.1, -0.05) is 30.3 Å². The van der Waals surface area contributed by atoms with Crippen LogP contribution in [-0.4, -0.2) is 27.7 Å². The first-order valence-electron chi connectivity index (χ1n) is 9.13. The molecule has 0 bridgehead atoms. The third-order valence-electron chi connectivity index (χ3n) is 4.61. The highest BCUT2D eigenvalue weighted by atomic mass is 16.5. The van der Waals surface area contributed by atoms with Crippen LogP contribution in [-0.2, 0) is 16.1 Å². The van der Waals surface area contributed by atoms with Gasteiger partial charge in [0.05, 0.1) is 11.6 Å². The molecule has 0 radical (unpaired) electrons. The number of rotatable bonds is 5. The van der Waals surface area contributed by atoms with Crippen molar-refractivity contribution in [2.24, 2.45) is 0 Å². The summed E-state index contributed by atoms with van der Waals surface area (Å²) in [5.41, 5.74) is 6.20. The Hall–Kier alpha value is -3.68. The molecule has 0 fully saturated rings. The molecule has 8 nitrogen and oxygen atoms in total. The molecular weight excluding hydrogens is 372 g/mol. The molecule has 2 amide bonds. The van der Waals surface area contributed by atoms with Crippen molar-refractivity contribution in [2.75, 3.05) is 0 Å². The van der Waals surface area contributed by atoms with Crippen molar-refractivity contribution >= 4 is 22.6 Å². The van der Waals surface area contributed by atoms with Crippen LogP contribution in [0, 0.1) is 13.8 Å². The number of fused-ring (bicyclic) bond motifs is 1. The highest BCUT2D eigenvalue weighted by Gasteiger charge is 2.17. The van der Waals surface area contributed by atoms with Crippen LogP contribution in [0.4, 0.5) is 0 Å². The highest BCUT2D eigenvalue weighted by molar-refractivity contribution is 5.85. The number of hydrazine groups is 1. The van der Waals surface area contributed by atoms with Crippen LogP contribution in [0.2, 0.25) is 0 Å². The summed E-state index contributed by atoms with van der Waals surface area (Å²) in [6, 6.07) is 12.6. The van der Waals surface area contributed by atoms with Gasteiger partial charge in [0.25, 0.3) is 17.4 Å². The van der Waals surface area contributed by atoms with Gasteiger partial charge in [0.15, 0.2) is 6.10 Å². The van der Waals surface area contributed by atoms with Crippen molar-refractivity contribution in [1.29, 1.82) is 0 Å². The third kappa shape index (κ3) is 4.60. The summed E-state index contributed by atoms with van der Waals surface area (Å²) >= 11 is 0. The summed E-state index contributed by atoms with van der Waals surface area (Å²) in [5.74, 6) is -0.494. The molecule has 0 aliphatic rings. The molecule has 3 aromatic rings. The number of nitrogens with one attached hydrogen (secondary N) is 2. The Morgan fingerprint density at radius 3 is 2.66 bits per heavy atom. The Bertz CT molecular complexity index is 1120. The zero-order valence-electron chi connectivity index (χ0n) is 16.4. The quantitative estimate of drug-likeness (QED) is 0.641. The molecule has 8 heteroatoms. The molecule has 2 N–H and O–H groups in total. The Balaban J connectivity index is 1.57. The molecule has 0 spiro atoms. The van der Waals surface area contributed by atoms with E-state index >= 15 is 0 Å². The first-order chi connectivity index (χ1) is 13.9. The lowest BCUT2D eigenvalue weighted by Crippen LogP contribution is -2.48. The number of aryl methyl sites for hydroxylation is 1. The number of aromatic nitrogens is 2. The molecule has 0 aliphatic heterocycles. The minimum absolute atomic E-state index is 0.323. The van der Waals surface area contributed by atoms with Crippen molar-refractivity contribution in [1.82, 2.24) is 20.6 Å². The van der Waals surface area contributed by atoms with Crippen LogP contribution in [0.15, 0.2) is 53.5 Å². The lowest BCUT2D eigenvalue weighted by atomic mass is 10.1. The van der Waals surface area contributed by atoms with Crippen molar-refractivity contribution < 1.29 is 14.3 Å². The molecule has 1 heterocycles. The van der Waals surface area contributed by atoms with E-state index in [4.69, 9.17) is 4.74 Å². The standard InChI is InChI=1S/C21H22N4O4/c1-13-7-6-10-18(14(13)2)29-15(3)20(27)24-23-19(26)12-25-21(28)17-9-5-4-8-16(17)11-22-25/h4-11,15H,12H2,1-3H3,(H,23,26)(H,24,27). The van der Waals surface area contributed by atoms with Gasteiger partial charge in [-0.3, -0.25) is 25.2 Å². The monoisotopic (exact) mass is 394 g/mol. The number of carbonyl (C=O) groups excluding carboxylic acids is 2. The molecule has 29 heavy (non-hydrogen) atoms. The summed E-state index contributed by atoms with van der Waals surface area (Å²) in [6.07, 6.45) is 0.695. The van der Waals surface area contributed by atoms with Gasteiger partial charge < -0.3 is 4.74 Å². The van der Waals surface area contributed by atoms with E-state index in [1.165, 1.54) is 6.20 Å². The Morgan fingerprint density at radius 1 is 1.10 bits per heavy atom. The number of ether oxygens (including phenoxy) is 1. The van der Waals surface area contributed by atoms with Gasteiger partial charge in [-0.25, -0.2) is 4.68 Å². The van der Waals surface area contributed by atoms with E-state index in [2.05, 4.69) is 16.0 Å².